The van der Waals surface area contributed by atoms with Gasteiger partial charge in [0.05, 0.1) is 36.6 Å². The number of hydrogen-bond acceptors (Lipinski definition) is 5. The highest BCUT2D eigenvalue weighted by molar-refractivity contribution is 8.00. The lowest BCUT2D eigenvalue weighted by molar-refractivity contribution is -0.119. The van der Waals surface area contributed by atoms with Crippen molar-refractivity contribution >= 4 is 11.8 Å². The lowest BCUT2D eigenvalue weighted by Crippen LogP contribution is -2.61. The van der Waals surface area contributed by atoms with E-state index in [0.29, 0.717) is 48.7 Å². The first-order chi connectivity index (χ1) is 26.3. The third-order valence-electron chi connectivity index (χ3n) is 19.9. The highest BCUT2D eigenvalue weighted by Crippen LogP contribution is 2.64. The second-order valence-corrected chi connectivity index (χ2v) is 23.2. The quantitative estimate of drug-likeness (QED) is 0.286. The minimum atomic E-state index is 0.503. The molecule has 12 rings (SSSR count). The molecular formula is C48H75NO3S. The van der Waals surface area contributed by atoms with E-state index in [0.717, 1.165) is 75.7 Å². The molecule has 0 aromatic rings. The lowest BCUT2D eigenvalue weighted by Gasteiger charge is -2.53. The molecule has 4 heterocycles. The topological polar surface area (TPSA) is 30.9 Å². The third kappa shape index (κ3) is 5.83. The second-order valence-electron chi connectivity index (χ2n) is 21.8. The number of ether oxygens (including phenoxy) is 3. The molecule has 4 saturated heterocycles. The van der Waals surface area contributed by atoms with Crippen molar-refractivity contribution in [3.8, 4) is 0 Å². The first-order valence-corrected chi connectivity index (χ1v) is 25.6. The van der Waals surface area contributed by atoms with E-state index < -0.39 is 0 Å². The monoisotopic (exact) mass is 746 g/mol. The summed E-state index contributed by atoms with van der Waals surface area (Å²) in [7, 11) is 0. The number of hydrogen-bond donors (Lipinski definition) is 0. The highest BCUT2D eigenvalue weighted by Gasteiger charge is 2.61. The molecule has 4 aliphatic heterocycles. The van der Waals surface area contributed by atoms with Gasteiger partial charge in [-0.15, -0.1) is 0 Å². The van der Waals surface area contributed by atoms with Crippen LogP contribution in [0.25, 0.3) is 0 Å². The summed E-state index contributed by atoms with van der Waals surface area (Å²) < 4.78 is 21.5. The molecule has 0 aromatic carbocycles. The summed E-state index contributed by atoms with van der Waals surface area (Å²) in [5.74, 6) is 9.17. The smallest absolute Gasteiger partial charge is 0.0766 e. The van der Waals surface area contributed by atoms with E-state index >= 15 is 0 Å². The average Bonchev–Trinajstić information content (AvgIpc) is 3.98. The lowest BCUT2D eigenvalue weighted by atomic mass is 9.62. The predicted molar refractivity (Wildman–Crippen MR) is 214 cm³/mol. The summed E-state index contributed by atoms with van der Waals surface area (Å²) >= 11 is 2.58. The zero-order valence-electron chi connectivity index (χ0n) is 33.3. The normalized spacial score (nSPS) is 57.3. The number of fused-ring (bicyclic) bond motifs is 13. The van der Waals surface area contributed by atoms with Gasteiger partial charge in [-0.2, -0.15) is 11.8 Å². The minimum absolute atomic E-state index is 0.503. The van der Waals surface area contributed by atoms with Crippen molar-refractivity contribution in [1.29, 1.82) is 0 Å². The van der Waals surface area contributed by atoms with Crippen molar-refractivity contribution in [3.05, 3.63) is 0 Å². The van der Waals surface area contributed by atoms with Gasteiger partial charge in [0.25, 0.3) is 0 Å². The van der Waals surface area contributed by atoms with Crippen LogP contribution in [0.3, 0.4) is 0 Å². The number of nitrogens with zero attached hydrogens (tertiary/aromatic N) is 1. The Balaban J connectivity index is 0.792. The molecule has 53 heavy (non-hydrogen) atoms. The zero-order chi connectivity index (χ0) is 34.6. The van der Waals surface area contributed by atoms with E-state index in [4.69, 9.17) is 14.2 Å². The van der Waals surface area contributed by atoms with Crippen LogP contribution in [0.5, 0.6) is 0 Å². The van der Waals surface area contributed by atoms with Gasteiger partial charge in [-0.05, 0) is 169 Å². The van der Waals surface area contributed by atoms with Gasteiger partial charge in [0.2, 0.25) is 0 Å². The molecule has 4 nitrogen and oxygen atoms in total. The fraction of sp³-hybridized carbons (Fsp3) is 1.00. The van der Waals surface area contributed by atoms with Gasteiger partial charge in [-0.1, -0.05) is 57.8 Å². The molecule has 0 bridgehead atoms. The molecule has 0 aromatic heterocycles. The maximum absolute atomic E-state index is 7.33. The standard InChI is InChI=1S/C48H75NO3S/c1-4-19-40-31(10-1)33-14-8-17-38(45(33)51-40)49(39-18-9-15-34-32-11-2-5-20-41(32)52-46(34)39)29-24-22-28(23-25-29)30-13-7-16-35-36-26-27-43-44(48(36)53-47(30)35)37-12-3-6-21-42(37)50-43/h28-48H,1-27H2. The predicted octanol–water partition coefficient (Wildman–Crippen LogP) is 11.0. The molecule has 296 valence electrons. The average molecular weight is 746 g/mol. The van der Waals surface area contributed by atoms with Gasteiger partial charge in [0.15, 0.2) is 0 Å². The first kappa shape index (κ1) is 35.2. The molecule has 19 unspecified atom stereocenters. The Bertz CT molecular complexity index is 1260. The van der Waals surface area contributed by atoms with E-state index in [1.807, 2.05) is 0 Å². The maximum atomic E-state index is 7.33. The molecule has 19 atom stereocenters. The molecule has 5 heteroatoms. The Morgan fingerprint density at radius 2 is 0.849 bits per heavy atom. The van der Waals surface area contributed by atoms with Crippen molar-refractivity contribution in [2.24, 2.45) is 59.2 Å². The van der Waals surface area contributed by atoms with Crippen LogP contribution in [0.1, 0.15) is 173 Å². The third-order valence-corrected chi connectivity index (χ3v) is 21.9. The molecule has 0 spiro atoms. The van der Waals surface area contributed by atoms with Crippen LogP contribution in [0.2, 0.25) is 0 Å². The summed E-state index contributed by atoms with van der Waals surface area (Å²) in [5, 5.41) is 1.88. The van der Waals surface area contributed by atoms with Gasteiger partial charge in [-0.3, -0.25) is 4.90 Å². The van der Waals surface area contributed by atoms with Crippen LogP contribution in [0.15, 0.2) is 0 Å². The van der Waals surface area contributed by atoms with Crippen LogP contribution in [-0.2, 0) is 14.2 Å². The van der Waals surface area contributed by atoms with Crippen molar-refractivity contribution in [2.75, 3.05) is 0 Å². The van der Waals surface area contributed by atoms with E-state index in [-0.39, 0.29) is 0 Å². The minimum Gasteiger partial charge on any atom is -0.374 e. The Hall–Kier alpha value is 0.190. The van der Waals surface area contributed by atoms with E-state index in [1.165, 1.54) is 167 Å². The largest absolute Gasteiger partial charge is 0.374 e. The van der Waals surface area contributed by atoms with Gasteiger partial charge < -0.3 is 14.2 Å². The molecule has 0 amide bonds. The summed E-state index contributed by atoms with van der Waals surface area (Å²) in [6.07, 6.45) is 42.3. The molecule has 8 aliphatic carbocycles. The van der Waals surface area contributed by atoms with Crippen LogP contribution in [0.4, 0.5) is 0 Å². The number of rotatable bonds is 4. The molecule has 8 saturated carbocycles. The van der Waals surface area contributed by atoms with Crippen LogP contribution >= 0.6 is 11.8 Å². The first-order valence-electron chi connectivity index (χ1n) is 24.7. The van der Waals surface area contributed by atoms with E-state index in [1.54, 1.807) is 6.42 Å². The second kappa shape index (κ2) is 14.5. The van der Waals surface area contributed by atoms with Crippen molar-refractivity contribution in [2.45, 2.75) is 239 Å². The highest BCUT2D eigenvalue weighted by atomic mass is 32.2. The summed E-state index contributed by atoms with van der Waals surface area (Å²) in [6, 6.07) is 2.05. The zero-order valence-corrected chi connectivity index (χ0v) is 34.1. The maximum Gasteiger partial charge on any atom is 0.0766 e. The fourth-order valence-electron chi connectivity index (χ4n) is 18.0. The van der Waals surface area contributed by atoms with Crippen LogP contribution in [0, 0.1) is 59.2 Å². The van der Waals surface area contributed by atoms with Gasteiger partial charge in [-0.25, -0.2) is 0 Å². The molecule has 12 fully saturated rings. The Kier molecular flexibility index (Phi) is 9.61. The van der Waals surface area contributed by atoms with Crippen molar-refractivity contribution in [1.82, 2.24) is 4.90 Å². The van der Waals surface area contributed by atoms with E-state index in [9.17, 15) is 0 Å². The van der Waals surface area contributed by atoms with Gasteiger partial charge >= 0.3 is 0 Å². The Labute approximate surface area is 327 Å². The van der Waals surface area contributed by atoms with Gasteiger partial charge in [0, 0.05) is 34.5 Å². The van der Waals surface area contributed by atoms with E-state index in [2.05, 4.69) is 16.7 Å². The molecular weight excluding hydrogens is 671 g/mol. The van der Waals surface area contributed by atoms with Gasteiger partial charge in [0.1, 0.15) is 0 Å². The Morgan fingerprint density at radius 3 is 1.51 bits per heavy atom. The summed E-state index contributed by atoms with van der Waals surface area (Å²) in [6.45, 7) is 0. The van der Waals surface area contributed by atoms with Crippen molar-refractivity contribution < 1.29 is 14.2 Å². The SMILES string of the molecule is C1CCC2C(C1)OC1C2CCCC1N(C1CCC(C2CCCC3C4CCC5OC6CCCCC6C5C4SC23)CC1)C1CCCC2C3CCCCC3OC21. The summed E-state index contributed by atoms with van der Waals surface area (Å²) in [5.41, 5.74) is 0. The van der Waals surface area contributed by atoms with Crippen LogP contribution in [-0.4, -0.2) is 70.1 Å². The summed E-state index contributed by atoms with van der Waals surface area (Å²) in [4.78, 5) is 3.28. The Morgan fingerprint density at radius 1 is 0.340 bits per heavy atom. The fourth-order valence-corrected chi connectivity index (χ4v) is 20.5. The molecule has 12 aliphatic rings. The molecule has 0 radical (unpaired) electrons. The van der Waals surface area contributed by atoms with Crippen molar-refractivity contribution in [3.63, 3.8) is 0 Å². The molecule has 0 N–H and O–H groups in total. The van der Waals surface area contributed by atoms with Crippen LogP contribution < -0.4 is 0 Å². The number of thioether (sulfide) groups is 1.